The maximum absolute atomic E-state index is 13.5. The molecule has 0 fully saturated rings. The summed E-state index contributed by atoms with van der Waals surface area (Å²) in [5.41, 5.74) is 0.0468. The van der Waals surface area contributed by atoms with Crippen LogP contribution in [0.3, 0.4) is 0 Å². The number of nitrogens with zero attached hydrogens (tertiary/aromatic N) is 3. The minimum atomic E-state index is -4.64. The van der Waals surface area contributed by atoms with E-state index in [4.69, 9.17) is 14.5 Å². The Kier molecular flexibility index (Phi) is 7.43. The van der Waals surface area contributed by atoms with Gasteiger partial charge in [0.25, 0.3) is 5.91 Å². The second-order valence-corrected chi connectivity index (χ2v) is 7.69. The van der Waals surface area contributed by atoms with Gasteiger partial charge in [-0.2, -0.15) is 13.2 Å². The summed E-state index contributed by atoms with van der Waals surface area (Å²) < 4.78 is 51.0. The Morgan fingerprint density at radius 2 is 1.79 bits per heavy atom. The van der Waals surface area contributed by atoms with Crippen LogP contribution in [0.15, 0.2) is 48.5 Å². The van der Waals surface area contributed by atoms with Crippen LogP contribution in [0, 0.1) is 0 Å². The average molecular weight is 461 g/mol. The van der Waals surface area contributed by atoms with Crippen LogP contribution < -0.4 is 9.64 Å². The highest BCUT2D eigenvalue weighted by molar-refractivity contribution is 5.96. The number of carbonyl (C=O) groups excluding carboxylic acids is 1. The lowest BCUT2D eigenvalue weighted by Gasteiger charge is -2.26. The van der Waals surface area contributed by atoms with Gasteiger partial charge in [-0.25, -0.2) is 4.98 Å². The first kappa shape index (κ1) is 24.3. The van der Waals surface area contributed by atoms with Crippen molar-refractivity contribution in [3.05, 3.63) is 65.2 Å². The summed E-state index contributed by atoms with van der Waals surface area (Å²) in [6.45, 7) is 0.362. The van der Waals surface area contributed by atoms with Gasteiger partial charge in [-0.3, -0.25) is 4.79 Å². The predicted octanol–water partition coefficient (Wildman–Crippen LogP) is 4.62. The van der Waals surface area contributed by atoms with E-state index in [1.807, 2.05) is 26.2 Å². The van der Waals surface area contributed by atoms with Gasteiger partial charge in [0.05, 0.1) is 30.4 Å². The number of hydrogen-bond acceptors (Lipinski definition) is 5. The quantitative estimate of drug-likeness (QED) is 0.490. The summed E-state index contributed by atoms with van der Waals surface area (Å²) in [7, 11) is 6.68. The average Bonchev–Trinajstić information content (AvgIpc) is 2.79. The van der Waals surface area contributed by atoms with Crippen molar-refractivity contribution in [1.82, 2.24) is 9.88 Å². The van der Waals surface area contributed by atoms with Gasteiger partial charge in [0.1, 0.15) is 11.6 Å². The van der Waals surface area contributed by atoms with Crippen molar-refractivity contribution in [1.29, 1.82) is 0 Å². The van der Waals surface area contributed by atoms with Gasteiger partial charge in [0.2, 0.25) is 0 Å². The fourth-order valence-electron chi connectivity index (χ4n) is 3.56. The van der Waals surface area contributed by atoms with Gasteiger partial charge < -0.3 is 19.3 Å². The van der Waals surface area contributed by atoms with E-state index in [0.29, 0.717) is 22.6 Å². The maximum atomic E-state index is 13.5. The Balaban J connectivity index is 2.05. The summed E-state index contributed by atoms with van der Waals surface area (Å²) in [4.78, 5) is 21.1. The maximum Gasteiger partial charge on any atom is 0.417 e. The Morgan fingerprint density at radius 3 is 2.42 bits per heavy atom. The normalized spacial score (nSPS) is 11.5. The highest BCUT2D eigenvalue weighted by atomic mass is 19.4. The van der Waals surface area contributed by atoms with E-state index in [1.54, 1.807) is 24.1 Å². The van der Waals surface area contributed by atoms with Crippen molar-refractivity contribution < 1.29 is 27.4 Å². The Hall–Kier alpha value is -3.33. The Morgan fingerprint density at radius 1 is 1.06 bits per heavy atom. The van der Waals surface area contributed by atoms with Gasteiger partial charge in [0, 0.05) is 51.3 Å². The number of pyridine rings is 1. The molecule has 0 unspecified atom stereocenters. The summed E-state index contributed by atoms with van der Waals surface area (Å²) in [6.07, 6.45) is -4.64. The third kappa shape index (κ3) is 5.54. The van der Waals surface area contributed by atoms with Crippen LogP contribution in [-0.2, 0) is 17.5 Å². The molecule has 0 bridgehead atoms. The lowest BCUT2D eigenvalue weighted by molar-refractivity contribution is -0.138. The predicted molar refractivity (Wildman–Crippen MR) is 121 cm³/mol. The molecule has 9 heteroatoms. The van der Waals surface area contributed by atoms with Crippen molar-refractivity contribution in [2.24, 2.45) is 0 Å². The molecule has 1 amide bonds. The molecule has 1 heterocycles. The highest BCUT2D eigenvalue weighted by Gasteiger charge is 2.36. The number of ether oxygens (including phenoxy) is 2. The number of alkyl halides is 3. The van der Waals surface area contributed by atoms with E-state index in [0.717, 1.165) is 11.5 Å². The second-order valence-electron chi connectivity index (χ2n) is 7.69. The molecule has 2 aromatic carbocycles. The SMILES string of the molecule is COCCN(Cc1cc2ccc(OC)cc2nc1N(C)C)C(=O)c1ccccc1C(F)(F)F. The number of amides is 1. The molecule has 0 saturated carbocycles. The molecule has 0 aliphatic heterocycles. The number of methoxy groups -OCH3 is 2. The van der Waals surface area contributed by atoms with Crippen molar-refractivity contribution in [3.63, 3.8) is 0 Å². The first-order chi connectivity index (χ1) is 15.7. The number of halogens is 3. The number of anilines is 1. The summed E-state index contributed by atoms with van der Waals surface area (Å²) in [5, 5.41) is 0.825. The van der Waals surface area contributed by atoms with Crippen LogP contribution in [0.5, 0.6) is 5.75 Å². The zero-order valence-electron chi connectivity index (χ0n) is 18.9. The molecule has 0 spiro atoms. The second kappa shape index (κ2) is 10.1. The Labute approximate surface area is 190 Å². The van der Waals surface area contributed by atoms with Gasteiger partial charge in [-0.05, 0) is 30.3 Å². The molecular weight excluding hydrogens is 435 g/mol. The van der Waals surface area contributed by atoms with E-state index in [2.05, 4.69) is 0 Å². The van der Waals surface area contributed by atoms with Crippen LogP contribution in [0.4, 0.5) is 19.0 Å². The van der Waals surface area contributed by atoms with Crippen molar-refractivity contribution >= 4 is 22.6 Å². The molecule has 0 saturated heterocycles. The van der Waals surface area contributed by atoms with Crippen molar-refractivity contribution in [3.8, 4) is 5.75 Å². The van der Waals surface area contributed by atoms with Gasteiger partial charge in [-0.1, -0.05) is 12.1 Å². The van der Waals surface area contributed by atoms with Crippen molar-refractivity contribution in [2.45, 2.75) is 12.7 Å². The molecular formula is C24H26F3N3O3. The molecule has 0 aliphatic rings. The molecule has 33 heavy (non-hydrogen) atoms. The number of rotatable bonds is 8. The van der Waals surface area contributed by atoms with Crippen LogP contribution in [0.2, 0.25) is 0 Å². The summed E-state index contributed by atoms with van der Waals surface area (Å²) in [6, 6.07) is 12.2. The van der Waals surface area contributed by atoms with Gasteiger partial charge in [0.15, 0.2) is 0 Å². The molecule has 0 atom stereocenters. The van der Waals surface area contributed by atoms with Crippen LogP contribution >= 0.6 is 0 Å². The fraction of sp³-hybridized carbons (Fsp3) is 0.333. The van der Waals surface area contributed by atoms with Gasteiger partial charge in [-0.15, -0.1) is 0 Å². The molecule has 1 aromatic heterocycles. The van der Waals surface area contributed by atoms with Crippen LogP contribution in [0.1, 0.15) is 21.5 Å². The highest BCUT2D eigenvalue weighted by Crippen LogP contribution is 2.33. The standard InChI is InChI=1S/C24H26F3N3O3/c1-29(2)22-17(13-16-9-10-18(33-4)14-21(16)28-22)15-30(11-12-32-3)23(31)19-7-5-6-8-20(19)24(25,26)27/h5-10,13-14H,11-12,15H2,1-4H3. The Bertz CT molecular complexity index is 1130. The molecule has 6 nitrogen and oxygen atoms in total. The summed E-state index contributed by atoms with van der Waals surface area (Å²) >= 11 is 0. The molecule has 176 valence electrons. The largest absolute Gasteiger partial charge is 0.497 e. The van der Waals surface area contributed by atoms with E-state index >= 15 is 0 Å². The van der Waals surface area contributed by atoms with E-state index in [9.17, 15) is 18.0 Å². The third-order valence-corrected chi connectivity index (χ3v) is 5.18. The number of aromatic nitrogens is 1. The fourth-order valence-corrected chi connectivity index (χ4v) is 3.56. The molecule has 3 aromatic rings. The minimum absolute atomic E-state index is 0.0663. The van der Waals surface area contributed by atoms with Crippen LogP contribution in [0.25, 0.3) is 10.9 Å². The number of fused-ring (bicyclic) bond motifs is 1. The number of hydrogen-bond donors (Lipinski definition) is 0. The number of benzene rings is 2. The first-order valence-electron chi connectivity index (χ1n) is 10.2. The molecule has 0 N–H and O–H groups in total. The smallest absolute Gasteiger partial charge is 0.417 e. The lowest BCUT2D eigenvalue weighted by atomic mass is 10.0. The molecule has 0 aliphatic carbocycles. The zero-order chi connectivity index (χ0) is 24.2. The number of carbonyl (C=O) groups is 1. The lowest BCUT2D eigenvalue weighted by Crippen LogP contribution is -2.35. The summed E-state index contributed by atoms with van der Waals surface area (Å²) in [5.74, 6) is 0.544. The zero-order valence-corrected chi connectivity index (χ0v) is 18.9. The monoisotopic (exact) mass is 461 g/mol. The van der Waals surface area contributed by atoms with E-state index in [1.165, 1.54) is 30.2 Å². The van der Waals surface area contributed by atoms with E-state index in [-0.39, 0.29) is 19.7 Å². The minimum Gasteiger partial charge on any atom is -0.497 e. The van der Waals surface area contributed by atoms with Gasteiger partial charge >= 0.3 is 6.18 Å². The third-order valence-electron chi connectivity index (χ3n) is 5.18. The van der Waals surface area contributed by atoms with E-state index < -0.39 is 23.2 Å². The molecule has 3 rings (SSSR count). The topological polar surface area (TPSA) is 54.9 Å². The van der Waals surface area contributed by atoms with Crippen molar-refractivity contribution in [2.75, 3.05) is 46.4 Å². The van der Waals surface area contributed by atoms with Crippen LogP contribution in [-0.4, -0.2) is 57.3 Å². The first-order valence-corrected chi connectivity index (χ1v) is 10.2. The molecule has 0 radical (unpaired) electrons.